The maximum Gasteiger partial charge on any atom is 0.329 e. The van der Waals surface area contributed by atoms with E-state index in [1.54, 1.807) is 0 Å². The molecule has 0 unspecified atom stereocenters. The smallest absolute Gasteiger partial charge is 0.321 e. The van der Waals surface area contributed by atoms with Gasteiger partial charge in [-0.1, -0.05) is 0 Å². The average Bonchev–Trinajstić information content (AvgIpc) is 2.56. The van der Waals surface area contributed by atoms with E-state index in [4.69, 9.17) is 0 Å². The number of hydrazone groups is 1. The van der Waals surface area contributed by atoms with Crippen molar-refractivity contribution >= 4 is 29.8 Å². The van der Waals surface area contributed by atoms with Gasteiger partial charge in [0.15, 0.2) is 5.82 Å². The van der Waals surface area contributed by atoms with Crippen LogP contribution in [-0.2, 0) is 11.8 Å². The minimum atomic E-state index is -0.709. The first-order valence-corrected chi connectivity index (χ1v) is 6.51. The zero-order chi connectivity index (χ0) is 17.7. The van der Waals surface area contributed by atoms with E-state index in [0.29, 0.717) is 12.0 Å². The Morgan fingerprint density at radius 2 is 1.96 bits per heavy atom. The molecule has 0 fully saturated rings. The first kappa shape index (κ1) is 16.6. The summed E-state index contributed by atoms with van der Waals surface area (Å²) in [6, 6.07) is 5.56. The number of benzene rings is 1. The zero-order valence-electron chi connectivity index (χ0n) is 12.3. The third kappa shape index (κ3) is 3.52. The van der Waals surface area contributed by atoms with Crippen LogP contribution in [-0.4, -0.2) is 27.1 Å². The average molecular weight is 332 g/mol. The molecule has 2 rings (SSSR count). The Bertz CT molecular complexity index is 912. The number of hydrogen-bond donors (Lipinski definition) is 3. The van der Waals surface area contributed by atoms with E-state index in [2.05, 4.69) is 20.8 Å². The number of hydrogen-bond acceptors (Lipinski definition) is 7. The minimum absolute atomic E-state index is 0.0616. The van der Waals surface area contributed by atoms with Crippen LogP contribution in [0.4, 0.5) is 17.2 Å². The molecule has 0 spiro atoms. The molecule has 24 heavy (non-hydrogen) atoms. The van der Waals surface area contributed by atoms with Crippen LogP contribution >= 0.6 is 0 Å². The van der Waals surface area contributed by atoms with Gasteiger partial charge in [0, 0.05) is 19.2 Å². The van der Waals surface area contributed by atoms with Crippen LogP contribution < -0.4 is 22.0 Å². The molecule has 3 N–H and O–H groups in total. The standard InChI is InChI=1S/C13H12N6O5/c1-18-12(21)10(14-7-20)11(16-13(18)22)17-15-6-8-2-4-9(5-3-8)19(23)24/h2-7,17H,1H3,(H,14,20)(H,16,22). The highest BCUT2D eigenvalue weighted by molar-refractivity contribution is 5.82. The molecule has 1 aromatic carbocycles. The Balaban J connectivity index is 2.25. The van der Waals surface area contributed by atoms with Crippen LogP contribution in [0.1, 0.15) is 5.56 Å². The number of nitrogens with zero attached hydrogens (tertiary/aromatic N) is 3. The summed E-state index contributed by atoms with van der Waals surface area (Å²) in [5.74, 6) is -0.0895. The number of amides is 1. The van der Waals surface area contributed by atoms with E-state index in [0.717, 1.165) is 4.57 Å². The second kappa shape index (κ2) is 7.00. The van der Waals surface area contributed by atoms with Gasteiger partial charge in [0.2, 0.25) is 6.41 Å². The van der Waals surface area contributed by atoms with E-state index in [1.807, 2.05) is 0 Å². The third-order valence-corrected chi connectivity index (χ3v) is 3.00. The predicted molar refractivity (Wildman–Crippen MR) is 86.3 cm³/mol. The number of rotatable bonds is 6. The minimum Gasteiger partial charge on any atom is -0.321 e. The Kier molecular flexibility index (Phi) is 4.84. The molecule has 0 saturated carbocycles. The van der Waals surface area contributed by atoms with Gasteiger partial charge in [0.05, 0.1) is 11.1 Å². The van der Waals surface area contributed by atoms with E-state index in [1.165, 1.54) is 37.5 Å². The van der Waals surface area contributed by atoms with Crippen molar-refractivity contribution in [2.75, 3.05) is 10.7 Å². The summed E-state index contributed by atoms with van der Waals surface area (Å²) in [4.78, 5) is 46.5. The van der Waals surface area contributed by atoms with Crippen molar-refractivity contribution < 1.29 is 9.72 Å². The van der Waals surface area contributed by atoms with Gasteiger partial charge >= 0.3 is 5.69 Å². The van der Waals surface area contributed by atoms with E-state index >= 15 is 0 Å². The number of non-ortho nitro benzene ring substituents is 1. The van der Waals surface area contributed by atoms with Gasteiger partial charge in [-0.2, -0.15) is 5.10 Å². The number of carbonyl (C=O) groups excluding carboxylic acids is 1. The Morgan fingerprint density at radius 1 is 1.29 bits per heavy atom. The van der Waals surface area contributed by atoms with Crippen LogP contribution in [0.2, 0.25) is 0 Å². The highest BCUT2D eigenvalue weighted by Gasteiger charge is 2.11. The molecule has 124 valence electrons. The lowest BCUT2D eigenvalue weighted by Gasteiger charge is -2.07. The summed E-state index contributed by atoms with van der Waals surface area (Å²) in [6.45, 7) is 0. The predicted octanol–water partition coefficient (Wildman–Crippen LogP) is -0.00390. The van der Waals surface area contributed by atoms with Crippen LogP contribution in [0, 0.1) is 10.1 Å². The molecule has 1 amide bonds. The van der Waals surface area contributed by atoms with E-state index in [9.17, 15) is 24.5 Å². The van der Waals surface area contributed by atoms with Gasteiger partial charge in [-0.05, 0) is 17.7 Å². The van der Waals surface area contributed by atoms with Gasteiger partial charge in [-0.3, -0.25) is 34.7 Å². The number of H-pyrrole nitrogens is 1. The number of aromatic nitrogens is 2. The number of aromatic amines is 1. The largest absolute Gasteiger partial charge is 0.329 e. The van der Waals surface area contributed by atoms with Crippen molar-refractivity contribution in [3.05, 3.63) is 60.8 Å². The van der Waals surface area contributed by atoms with Crippen molar-refractivity contribution in [3.63, 3.8) is 0 Å². The molecule has 1 heterocycles. The Hall–Kier alpha value is -3.76. The van der Waals surface area contributed by atoms with Crippen molar-refractivity contribution in [1.82, 2.24) is 9.55 Å². The summed E-state index contributed by atoms with van der Waals surface area (Å²) in [5.41, 5.74) is 1.35. The van der Waals surface area contributed by atoms with Crippen LogP contribution in [0.25, 0.3) is 0 Å². The summed E-state index contributed by atoms with van der Waals surface area (Å²) in [5, 5.41) is 16.6. The fourth-order valence-electron chi connectivity index (χ4n) is 1.75. The summed E-state index contributed by atoms with van der Waals surface area (Å²) in [7, 11) is 1.25. The maximum absolute atomic E-state index is 11.9. The highest BCUT2D eigenvalue weighted by Crippen LogP contribution is 2.12. The number of anilines is 2. The molecular weight excluding hydrogens is 320 g/mol. The normalized spacial score (nSPS) is 10.5. The van der Waals surface area contributed by atoms with Crippen LogP contribution in [0.5, 0.6) is 0 Å². The first-order valence-electron chi connectivity index (χ1n) is 6.51. The van der Waals surface area contributed by atoms with Gasteiger partial charge < -0.3 is 5.32 Å². The number of carbonyl (C=O) groups is 1. The van der Waals surface area contributed by atoms with E-state index < -0.39 is 16.2 Å². The molecular formula is C13H12N6O5. The van der Waals surface area contributed by atoms with Crippen molar-refractivity contribution in [2.24, 2.45) is 12.1 Å². The first-order chi connectivity index (χ1) is 11.4. The number of nitro groups is 1. The fraction of sp³-hybridized carbons (Fsp3) is 0.0769. The molecule has 2 aromatic rings. The van der Waals surface area contributed by atoms with Gasteiger partial charge in [-0.15, -0.1) is 0 Å². The Labute approximate surface area is 133 Å². The zero-order valence-corrected chi connectivity index (χ0v) is 12.3. The highest BCUT2D eigenvalue weighted by atomic mass is 16.6. The molecule has 0 aliphatic rings. The molecule has 0 aliphatic carbocycles. The van der Waals surface area contributed by atoms with Gasteiger partial charge in [0.25, 0.3) is 11.2 Å². The van der Waals surface area contributed by atoms with Crippen LogP contribution in [0.15, 0.2) is 39.0 Å². The van der Waals surface area contributed by atoms with Gasteiger partial charge in [-0.25, -0.2) is 4.79 Å². The molecule has 1 aromatic heterocycles. The molecule has 11 heteroatoms. The molecule has 0 aliphatic heterocycles. The second-order valence-corrected chi connectivity index (χ2v) is 4.53. The summed E-state index contributed by atoms with van der Waals surface area (Å²) < 4.78 is 0.789. The lowest BCUT2D eigenvalue weighted by Crippen LogP contribution is -2.35. The van der Waals surface area contributed by atoms with Crippen molar-refractivity contribution in [3.8, 4) is 0 Å². The number of nitrogens with one attached hydrogen (secondary N) is 3. The summed E-state index contributed by atoms with van der Waals surface area (Å²) in [6.07, 6.45) is 1.62. The Morgan fingerprint density at radius 3 is 2.54 bits per heavy atom. The lowest BCUT2D eigenvalue weighted by atomic mass is 10.2. The van der Waals surface area contributed by atoms with E-state index in [-0.39, 0.29) is 17.2 Å². The van der Waals surface area contributed by atoms with Crippen molar-refractivity contribution in [2.45, 2.75) is 0 Å². The maximum atomic E-state index is 11.9. The fourth-order valence-corrected chi connectivity index (χ4v) is 1.75. The molecule has 0 atom stereocenters. The topological polar surface area (TPSA) is 151 Å². The monoisotopic (exact) mass is 332 g/mol. The SMILES string of the molecule is Cn1c(=O)[nH]c(NN=Cc2ccc([N+](=O)[O-])cc2)c(NC=O)c1=O. The van der Waals surface area contributed by atoms with Crippen molar-refractivity contribution in [1.29, 1.82) is 0 Å². The molecule has 0 bridgehead atoms. The number of nitro benzene ring substituents is 1. The molecule has 11 nitrogen and oxygen atoms in total. The molecule has 0 radical (unpaired) electrons. The van der Waals surface area contributed by atoms with Gasteiger partial charge in [0.1, 0.15) is 5.69 Å². The lowest BCUT2D eigenvalue weighted by molar-refractivity contribution is -0.384. The quantitative estimate of drug-likeness (QED) is 0.293. The van der Waals surface area contributed by atoms with Crippen LogP contribution in [0.3, 0.4) is 0 Å². The second-order valence-electron chi connectivity index (χ2n) is 4.53. The third-order valence-electron chi connectivity index (χ3n) is 3.00. The summed E-state index contributed by atoms with van der Waals surface area (Å²) >= 11 is 0. The molecule has 0 saturated heterocycles.